The number of Topliss-reactive ketones (excluding diaryl/α,β-unsaturated/α-hetero) is 1. The van der Waals surface area contributed by atoms with Crippen LogP contribution in [0.3, 0.4) is 0 Å². The average molecular weight is 210 g/mol. The van der Waals surface area contributed by atoms with Crippen molar-refractivity contribution in [3.8, 4) is 0 Å². The van der Waals surface area contributed by atoms with Crippen molar-refractivity contribution in [2.45, 2.75) is 19.1 Å². The largest absolute Gasteiger partial charge is 0.350 e. The number of carbonyl (C=O) groups is 1. The maximum Gasteiger partial charge on any atom is 0.164 e. The summed E-state index contributed by atoms with van der Waals surface area (Å²) in [5.41, 5.74) is 0.792. The van der Waals surface area contributed by atoms with Gasteiger partial charge in [0.15, 0.2) is 6.29 Å². The van der Waals surface area contributed by atoms with E-state index in [-0.39, 0.29) is 12.1 Å². The molecular formula is C10H14N2O3. The summed E-state index contributed by atoms with van der Waals surface area (Å²) >= 11 is 0. The molecule has 0 atom stereocenters. The van der Waals surface area contributed by atoms with Crippen LogP contribution < -0.4 is 0 Å². The molecule has 1 aliphatic rings. The second-order valence-electron chi connectivity index (χ2n) is 3.57. The quantitative estimate of drug-likeness (QED) is 0.717. The van der Waals surface area contributed by atoms with Crippen LogP contribution in [0, 0.1) is 0 Å². The number of ketones is 1. The molecule has 0 aromatic carbocycles. The van der Waals surface area contributed by atoms with Crippen LogP contribution in [-0.4, -0.2) is 35.1 Å². The predicted molar refractivity (Wildman–Crippen MR) is 52.2 cm³/mol. The Morgan fingerprint density at radius 1 is 1.60 bits per heavy atom. The maximum absolute atomic E-state index is 11.6. The van der Waals surface area contributed by atoms with Crippen molar-refractivity contribution in [1.82, 2.24) is 9.78 Å². The smallest absolute Gasteiger partial charge is 0.164 e. The molecule has 1 aromatic heterocycles. The van der Waals surface area contributed by atoms with E-state index in [0.29, 0.717) is 26.1 Å². The van der Waals surface area contributed by atoms with Crippen molar-refractivity contribution < 1.29 is 14.3 Å². The second-order valence-corrected chi connectivity index (χ2v) is 3.57. The summed E-state index contributed by atoms with van der Waals surface area (Å²) in [5.74, 6) is 0.0978. The molecule has 0 aliphatic carbocycles. The van der Waals surface area contributed by atoms with Gasteiger partial charge in [0.2, 0.25) is 0 Å². The third-order valence-electron chi connectivity index (χ3n) is 2.23. The molecule has 0 unspecified atom stereocenters. The molecule has 5 nitrogen and oxygen atoms in total. The lowest BCUT2D eigenvalue weighted by atomic mass is 10.1. The van der Waals surface area contributed by atoms with Gasteiger partial charge in [-0.1, -0.05) is 0 Å². The molecule has 1 fully saturated rings. The van der Waals surface area contributed by atoms with Crippen LogP contribution in [-0.2, 0) is 27.7 Å². The van der Waals surface area contributed by atoms with Crippen molar-refractivity contribution in [3.63, 3.8) is 0 Å². The SMILES string of the molecule is Cn1ccc(CC(=O)CC2OCCO2)n1. The minimum atomic E-state index is -0.346. The highest BCUT2D eigenvalue weighted by Crippen LogP contribution is 2.10. The molecule has 0 saturated carbocycles. The molecule has 2 heterocycles. The molecule has 1 aliphatic heterocycles. The second kappa shape index (κ2) is 4.55. The first-order valence-corrected chi connectivity index (χ1v) is 4.97. The molecular weight excluding hydrogens is 196 g/mol. The lowest BCUT2D eigenvalue weighted by Crippen LogP contribution is -2.16. The number of hydrogen-bond acceptors (Lipinski definition) is 4. The summed E-state index contributed by atoms with van der Waals surface area (Å²) in [6, 6.07) is 1.84. The van der Waals surface area contributed by atoms with Gasteiger partial charge in [-0.25, -0.2) is 0 Å². The number of aromatic nitrogens is 2. The molecule has 2 rings (SSSR count). The van der Waals surface area contributed by atoms with E-state index in [4.69, 9.17) is 9.47 Å². The molecule has 5 heteroatoms. The van der Waals surface area contributed by atoms with Crippen LogP contribution in [0.25, 0.3) is 0 Å². The Bertz CT molecular complexity index is 342. The number of carbonyl (C=O) groups excluding carboxylic acids is 1. The lowest BCUT2D eigenvalue weighted by molar-refractivity contribution is -0.126. The fraction of sp³-hybridized carbons (Fsp3) is 0.600. The van der Waals surface area contributed by atoms with Crippen molar-refractivity contribution in [2.24, 2.45) is 7.05 Å². The first kappa shape index (κ1) is 10.3. The standard InChI is InChI=1S/C10H14N2O3/c1-12-3-2-8(11-12)6-9(13)7-10-14-4-5-15-10/h2-3,10H,4-7H2,1H3. The van der Waals surface area contributed by atoms with Crippen LogP contribution in [0.4, 0.5) is 0 Å². The van der Waals surface area contributed by atoms with Crippen LogP contribution in [0.15, 0.2) is 12.3 Å². The van der Waals surface area contributed by atoms with Gasteiger partial charge in [0.05, 0.1) is 31.7 Å². The van der Waals surface area contributed by atoms with Gasteiger partial charge in [0.1, 0.15) is 5.78 Å². The maximum atomic E-state index is 11.6. The number of rotatable bonds is 4. The van der Waals surface area contributed by atoms with E-state index >= 15 is 0 Å². The summed E-state index contributed by atoms with van der Waals surface area (Å²) in [6.45, 7) is 1.17. The molecule has 0 spiro atoms. The van der Waals surface area contributed by atoms with E-state index in [1.807, 2.05) is 19.3 Å². The molecule has 1 saturated heterocycles. The highest BCUT2D eigenvalue weighted by atomic mass is 16.7. The van der Waals surface area contributed by atoms with Gasteiger partial charge in [-0.2, -0.15) is 5.10 Å². The number of aryl methyl sites for hydroxylation is 1. The number of hydrogen-bond donors (Lipinski definition) is 0. The fourth-order valence-electron chi connectivity index (χ4n) is 1.54. The Morgan fingerprint density at radius 2 is 2.33 bits per heavy atom. The summed E-state index contributed by atoms with van der Waals surface area (Å²) in [5, 5.41) is 4.14. The summed E-state index contributed by atoms with van der Waals surface area (Å²) in [4.78, 5) is 11.6. The van der Waals surface area contributed by atoms with Gasteiger partial charge in [0, 0.05) is 13.2 Å². The summed E-state index contributed by atoms with van der Waals surface area (Å²) in [7, 11) is 1.83. The zero-order valence-electron chi connectivity index (χ0n) is 8.68. The Morgan fingerprint density at radius 3 is 2.93 bits per heavy atom. The Labute approximate surface area is 88.0 Å². The van der Waals surface area contributed by atoms with Crippen molar-refractivity contribution >= 4 is 5.78 Å². The van der Waals surface area contributed by atoms with Gasteiger partial charge < -0.3 is 9.47 Å². The van der Waals surface area contributed by atoms with E-state index in [2.05, 4.69) is 5.10 Å². The third-order valence-corrected chi connectivity index (χ3v) is 2.23. The zero-order valence-corrected chi connectivity index (χ0v) is 8.68. The average Bonchev–Trinajstić information content (AvgIpc) is 2.77. The molecule has 0 bridgehead atoms. The fourth-order valence-corrected chi connectivity index (χ4v) is 1.54. The molecule has 1 aromatic rings. The first-order valence-electron chi connectivity index (χ1n) is 4.97. The minimum Gasteiger partial charge on any atom is -0.350 e. The summed E-state index contributed by atoms with van der Waals surface area (Å²) < 4.78 is 12.1. The molecule has 0 N–H and O–H groups in total. The van der Waals surface area contributed by atoms with Crippen LogP contribution >= 0.6 is 0 Å². The van der Waals surface area contributed by atoms with E-state index in [1.54, 1.807) is 4.68 Å². The highest BCUT2D eigenvalue weighted by Gasteiger charge is 2.20. The minimum absolute atomic E-state index is 0.0978. The topological polar surface area (TPSA) is 53.4 Å². The van der Waals surface area contributed by atoms with Crippen LogP contribution in [0.2, 0.25) is 0 Å². The van der Waals surface area contributed by atoms with E-state index < -0.39 is 0 Å². The van der Waals surface area contributed by atoms with Crippen LogP contribution in [0.1, 0.15) is 12.1 Å². The Hall–Kier alpha value is -1.20. The number of ether oxygens (including phenoxy) is 2. The van der Waals surface area contributed by atoms with Gasteiger partial charge in [-0.3, -0.25) is 9.48 Å². The summed E-state index contributed by atoms with van der Waals surface area (Å²) in [6.07, 6.45) is 2.15. The van der Waals surface area contributed by atoms with E-state index in [1.165, 1.54) is 0 Å². The normalized spacial score (nSPS) is 17.1. The Kier molecular flexibility index (Phi) is 3.13. The lowest BCUT2D eigenvalue weighted by Gasteiger charge is -2.06. The van der Waals surface area contributed by atoms with Gasteiger partial charge in [0.25, 0.3) is 0 Å². The van der Waals surface area contributed by atoms with Crippen molar-refractivity contribution in [2.75, 3.05) is 13.2 Å². The van der Waals surface area contributed by atoms with Crippen molar-refractivity contribution in [1.29, 1.82) is 0 Å². The van der Waals surface area contributed by atoms with Crippen LogP contribution in [0.5, 0.6) is 0 Å². The first-order chi connectivity index (χ1) is 7.24. The van der Waals surface area contributed by atoms with Gasteiger partial charge in [-0.15, -0.1) is 0 Å². The van der Waals surface area contributed by atoms with E-state index in [9.17, 15) is 4.79 Å². The van der Waals surface area contributed by atoms with E-state index in [0.717, 1.165) is 5.69 Å². The molecule has 82 valence electrons. The molecule has 0 radical (unpaired) electrons. The molecule has 15 heavy (non-hydrogen) atoms. The third kappa shape index (κ3) is 2.87. The predicted octanol–water partition coefficient (Wildman–Crippen LogP) is 0.295. The molecule has 0 amide bonds. The van der Waals surface area contributed by atoms with Gasteiger partial charge in [-0.05, 0) is 6.07 Å². The monoisotopic (exact) mass is 210 g/mol. The zero-order chi connectivity index (χ0) is 10.7. The highest BCUT2D eigenvalue weighted by molar-refractivity contribution is 5.80. The Balaban J connectivity index is 1.81. The van der Waals surface area contributed by atoms with Crippen molar-refractivity contribution in [3.05, 3.63) is 18.0 Å². The number of nitrogens with zero attached hydrogens (tertiary/aromatic N) is 2. The van der Waals surface area contributed by atoms with Gasteiger partial charge >= 0.3 is 0 Å².